The summed E-state index contributed by atoms with van der Waals surface area (Å²) in [7, 11) is 2.21. The van der Waals surface area contributed by atoms with Gasteiger partial charge in [-0.25, -0.2) is 4.98 Å². The third-order valence-electron chi connectivity index (χ3n) is 9.55. The van der Waals surface area contributed by atoms with Crippen molar-refractivity contribution in [3.8, 4) is 22.6 Å². The molecule has 3 aliphatic rings. The van der Waals surface area contributed by atoms with Gasteiger partial charge in [0.05, 0.1) is 11.2 Å². The Hall–Kier alpha value is -4.53. The quantitative estimate of drug-likeness (QED) is 0.209. The number of rotatable bonds is 8. The summed E-state index contributed by atoms with van der Waals surface area (Å²) in [6, 6.07) is 14.9. The fourth-order valence-electron chi connectivity index (χ4n) is 6.50. The molecule has 2 aromatic carbocycles. The van der Waals surface area contributed by atoms with Gasteiger partial charge >= 0.3 is 0 Å². The van der Waals surface area contributed by atoms with Gasteiger partial charge < -0.3 is 35.2 Å². The normalized spacial score (nSPS) is 22.7. The van der Waals surface area contributed by atoms with Crippen molar-refractivity contribution < 1.29 is 9.47 Å². The van der Waals surface area contributed by atoms with Crippen LogP contribution in [0.25, 0.3) is 22.0 Å². The van der Waals surface area contributed by atoms with Crippen molar-refractivity contribution in [3.63, 3.8) is 0 Å². The van der Waals surface area contributed by atoms with Crippen LogP contribution in [0.4, 0.5) is 11.5 Å². The molecule has 0 aliphatic carbocycles. The van der Waals surface area contributed by atoms with Crippen molar-refractivity contribution in [1.29, 1.82) is 0 Å². The summed E-state index contributed by atoms with van der Waals surface area (Å²) in [6.07, 6.45) is 17.9. The van der Waals surface area contributed by atoms with Crippen molar-refractivity contribution in [1.82, 2.24) is 20.1 Å². The summed E-state index contributed by atoms with van der Waals surface area (Å²) in [4.78, 5) is 9.87. The Kier molecular flexibility index (Phi) is 11.4. The van der Waals surface area contributed by atoms with Crippen LogP contribution in [-0.2, 0) is 0 Å². The van der Waals surface area contributed by atoms with Gasteiger partial charge in [0.15, 0.2) is 11.5 Å². The maximum Gasteiger partial charge on any atom is 0.231 e. The summed E-state index contributed by atoms with van der Waals surface area (Å²) in [5.41, 5.74) is 7.13. The van der Waals surface area contributed by atoms with E-state index < -0.39 is 0 Å². The molecule has 0 amide bonds. The van der Waals surface area contributed by atoms with Crippen molar-refractivity contribution >= 4 is 22.4 Å². The molecule has 258 valence electrons. The highest BCUT2D eigenvalue weighted by Gasteiger charge is 2.16. The SMILES string of the molecule is C=C(/C=C\C(=C/C)Nc1cc(NC2=C/C(C)CCN(C)CCNC(C)/C=C\2)c2cc(-c3ccc4c(c3)OCO4)ccc2n1)N1CCCCC1. The largest absolute Gasteiger partial charge is 0.454 e. The van der Waals surface area contributed by atoms with Gasteiger partial charge in [0.1, 0.15) is 5.82 Å². The number of nitrogens with zero attached hydrogens (tertiary/aromatic N) is 3. The summed E-state index contributed by atoms with van der Waals surface area (Å²) in [5, 5.41) is 12.1. The Morgan fingerprint density at radius 2 is 1.76 bits per heavy atom. The molecule has 0 saturated carbocycles. The lowest BCUT2D eigenvalue weighted by atomic mass is 10.0. The first kappa shape index (κ1) is 34.3. The molecule has 49 heavy (non-hydrogen) atoms. The Bertz CT molecular complexity index is 1750. The number of fused-ring (bicyclic) bond motifs is 2. The van der Waals surface area contributed by atoms with Gasteiger partial charge in [-0.15, -0.1) is 0 Å². The topological polar surface area (TPSA) is 73.9 Å². The Morgan fingerprint density at radius 1 is 0.959 bits per heavy atom. The molecular formula is C41H52N6O2. The predicted octanol–water partition coefficient (Wildman–Crippen LogP) is 8.30. The second-order valence-electron chi connectivity index (χ2n) is 13.5. The van der Waals surface area contributed by atoms with E-state index >= 15 is 0 Å². The van der Waals surface area contributed by atoms with Crippen LogP contribution in [0.1, 0.15) is 46.5 Å². The van der Waals surface area contributed by atoms with Gasteiger partial charge in [-0.3, -0.25) is 0 Å². The molecule has 2 unspecified atom stereocenters. The van der Waals surface area contributed by atoms with Crippen molar-refractivity contribution in [2.45, 2.75) is 52.5 Å². The molecule has 4 heterocycles. The molecule has 3 aromatic rings. The Labute approximate surface area is 292 Å². The molecule has 1 aromatic heterocycles. The highest BCUT2D eigenvalue weighted by atomic mass is 16.7. The van der Waals surface area contributed by atoms with Gasteiger partial charge in [0.2, 0.25) is 6.79 Å². The number of hydrogen-bond acceptors (Lipinski definition) is 8. The number of likely N-dealkylation sites (N-methyl/N-ethyl adjacent to an activating group) is 1. The minimum absolute atomic E-state index is 0.251. The maximum absolute atomic E-state index is 5.69. The van der Waals surface area contributed by atoms with Crippen LogP contribution < -0.4 is 25.4 Å². The van der Waals surface area contributed by atoms with E-state index in [2.05, 4.69) is 120 Å². The molecule has 0 bridgehead atoms. The highest BCUT2D eigenvalue weighted by Crippen LogP contribution is 2.38. The predicted molar refractivity (Wildman–Crippen MR) is 204 cm³/mol. The van der Waals surface area contributed by atoms with E-state index in [1.54, 1.807) is 0 Å². The molecule has 8 nitrogen and oxygen atoms in total. The Balaban J connectivity index is 1.35. The lowest BCUT2D eigenvalue weighted by Crippen LogP contribution is -2.34. The zero-order valence-corrected chi connectivity index (χ0v) is 29.6. The summed E-state index contributed by atoms with van der Waals surface area (Å²) in [6.45, 7) is 16.4. The monoisotopic (exact) mass is 660 g/mol. The van der Waals surface area contributed by atoms with Crippen LogP contribution in [0.5, 0.6) is 11.5 Å². The van der Waals surface area contributed by atoms with Crippen molar-refractivity contribution in [2.75, 3.05) is 57.2 Å². The highest BCUT2D eigenvalue weighted by molar-refractivity contribution is 5.97. The average molecular weight is 661 g/mol. The number of hydrogen-bond donors (Lipinski definition) is 3. The van der Waals surface area contributed by atoms with E-state index in [1.807, 2.05) is 19.1 Å². The van der Waals surface area contributed by atoms with E-state index in [-0.39, 0.29) is 12.8 Å². The van der Waals surface area contributed by atoms with E-state index in [9.17, 15) is 0 Å². The Morgan fingerprint density at radius 3 is 2.59 bits per heavy atom. The maximum atomic E-state index is 5.69. The van der Waals surface area contributed by atoms with Crippen molar-refractivity contribution in [2.24, 2.45) is 5.92 Å². The lowest BCUT2D eigenvalue weighted by molar-refractivity contribution is 0.174. The second-order valence-corrected chi connectivity index (χ2v) is 13.5. The molecule has 2 atom stereocenters. The fraction of sp³-hybridized carbons (Fsp3) is 0.390. The van der Waals surface area contributed by atoms with Crippen LogP contribution in [0.15, 0.2) is 103 Å². The van der Waals surface area contributed by atoms with E-state index in [0.717, 1.165) is 101 Å². The number of aromatic nitrogens is 1. The number of pyridine rings is 1. The van der Waals surface area contributed by atoms with Crippen LogP contribution in [0.2, 0.25) is 0 Å². The molecule has 8 heteroatoms. The second kappa shape index (κ2) is 16.2. The van der Waals surface area contributed by atoms with Crippen molar-refractivity contribution in [3.05, 3.63) is 103 Å². The number of likely N-dealkylation sites (tertiary alicyclic amines) is 1. The standard InChI is InChI=1S/C41H52N6O2/c1-6-34(15-11-31(4)47-20-8-7-9-21-47)44-41-27-38(43-35-14-10-30(3)42-19-23-46(5)22-18-29(2)24-35)36-25-32(12-16-37(36)45-41)33-13-17-39-40(26-33)49-28-48-39/h6,10-17,24-27,29-30,42H,4,7-9,18-23,28H2,1-3,5H3,(H2,43,44,45)/b14-10-,15-11-,34-6+,35-24+. The van der Waals surface area contributed by atoms with Gasteiger partial charge in [0.25, 0.3) is 0 Å². The summed E-state index contributed by atoms with van der Waals surface area (Å²) in [5.74, 6) is 2.73. The number of piperidine rings is 1. The molecule has 0 spiro atoms. The summed E-state index contributed by atoms with van der Waals surface area (Å²) < 4.78 is 11.3. The number of ether oxygens (including phenoxy) is 2. The summed E-state index contributed by atoms with van der Waals surface area (Å²) >= 11 is 0. The zero-order valence-electron chi connectivity index (χ0n) is 29.6. The number of benzene rings is 2. The number of nitrogens with one attached hydrogen (secondary N) is 3. The first-order valence-electron chi connectivity index (χ1n) is 17.8. The average Bonchev–Trinajstić information content (AvgIpc) is 3.59. The van der Waals surface area contributed by atoms with E-state index in [1.165, 1.54) is 19.3 Å². The third kappa shape index (κ3) is 9.13. The first-order chi connectivity index (χ1) is 23.8. The van der Waals surface area contributed by atoms with Gasteiger partial charge in [-0.1, -0.05) is 43.9 Å². The third-order valence-corrected chi connectivity index (χ3v) is 9.55. The van der Waals surface area contributed by atoms with Gasteiger partial charge in [-0.2, -0.15) is 0 Å². The van der Waals surface area contributed by atoms with E-state index in [4.69, 9.17) is 14.5 Å². The van der Waals surface area contributed by atoms with Gasteiger partial charge in [0, 0.05) is 60.8 Å². The van der Waals surface area contributed by atoms with Crippen LogP contribution in [0.3, 0.4) is 0 Å². The molecule has 1 saturated heterocycles. The van der Waals surface area contributed by atoms with Crippen LogP contribution in [0, 0.1) is 5.92 Å². The zero-order chi connectivity index (χ0) is 34.2. The van der Waals surface area contributed by atoms with Gasteiger partial charge in [-0.05, 0) is 113 Å². The lowest BCUT2D eigenvalue weighted by Gasteiger charge is -2.29. The smallest absolute Gasteiger partial charge is 0.231 e. The minimum atomic E-state index is 0.251. The number of allylic oxidation sites excluding steroid dienone is 5. The number of anilines is 2. The molecule has 3 aliphatic heterocycles. The molecular weight excluding hydrogens is 608 g/mol. The van der Waals surface area contributed by atoms with E-state index in [0.29, 0.717) is 5.92 Å². The molecule has 3 N–H and O–H groups in total. The molecule has 0 radical (unpaired) electrons. The molecule has 1 fully saturated rings. The first-order valence-corrected chi connectivity index (χ1v) is 17.8. The van der Waals surface area contributed by atoms with Crippen LogP contribution >= 0.6 is 0 Å². The van der Waals surface area contributed by atoms with Crippen LogP contribution in [-0.4, -0.2) is 67.4 Å². The fourth-order valence-corrected chi connectivity index (χ4v) is 6.50. The molecule has 6 rings (SSSR count). The minimum Gasteiger partial charge on any atom is -0.454 e.